The molecule has 0 aliphatic carbocycles. The molecule has 2 heterocycles. The average molecular weight is 377 g/mol. The van der Waals surface area contributed by atoms with Crippen LogP contribution in [0.4, 0.5) is 11.6 Å². The maximum Gasteiger partial charge on any atom is 0.274 e. The normalized spacial score (nSPS) is 14.6. The Kier molecular flexibility index (Phi) is 4.88. The Hall–Kier alpha value is -1.99. The molecule has 2 aromatic rings. The number of carbonyl (C=O) groups is 1. The second-order valence-corrected chi connectivity index (χ2v) is 6.11. The van der Waals surface area contributed by atoms with Crippen LogP contribution in [0.3, 0.4) is 0 Å². The average Bonchev–Trinajstić information content (AvgIpc) is 2.59. The Labute approximate surface area is 143 Å². The summed E-state index contributed by atoms with van der Waals surface area (Å²) >= 11 is 3.46. The molecule has 0 bridgehead atoms. The van der Waals surface area contributed by atoms with Gasteiger partial charge in [0.25, 0.3) is 5.91 Å². The molecule has 1 N–H and O–H groups in total. The van der Waals surface area contributed by atoms with E-state index >= 15 is 0 Å². The second kappa shape index (κ2) is 7.06. The molecule has 1 aromatic carbocycles. The predicted octanol–water partition coefficient (Wildman–Crippen LogP) is 2.64. The molecule has 120 valence electrons. The van der Waals surface area contributed by atoms with Crippen LogP contribution in [-0.2, 0) is 4.74 Å². The zero-order chi connectivity index (χ0) is 16.2. The van der Waals surface area contributed by atoms with E-state index < -0.39 is 0 Å². The molecular weight excluding hydrogens is 360 g/mol. The van der Waals surface area contributed by atoms with E-state index in [-0.39, 0.29) is 5.91 Å². The Morgan fingerprint density at radius 3 is 2.83 bits per heavy atom. The molecule has 0 unspecified atom stereocenters. The molecule has 1 aliphatic rings. The van der Waals surface area contributed by atoms with Crippen molar-refractivity contribution in [1.82, 2.24) is 9.97 Å². The summed E-state index contributed by atoms with van der Waals surface area (Å²) in [5.74, 6) is 0.309. The number of rotatable bonds is 3. The summed E-state index contributed by atoms with van der Waals surface area (Å²) in [5.41, 5.74) is 2.18. The molecule has 1 aliphatic heterocycles. The van der Waals surface area contributed by atoms with Crippen LogP contribution in [0.25, 0.3) is 0 Å². The van der Waals surface area contributed by atoms with Gasteiger partial charge in [-0.1, -0.05) is 22.0 Å². The first-order chi connectivity index (χ1) is 11.1. The van der Waals surface area contributed by atoms with E-state index in [0.717, 1.165) is 28.8 Å². The summed E-state index contributed by atoms with van der Waals surface area (Å²) in [7, 11) is 0. The number of hydrogen-bond acceptors (Lipinski definition) is 5. The zero-order valence-electron chi connectivity index (χ0n) is 12.8. The Morgan fingerprint density at radius 2 is 2.09 bits per heavy atom. The number of nitrogens with one attached hydrogen (secondary N) is 1. The fourth-order valence-electron chi connectivity index (χ4n) is 2.26. The number of halogens is 1. The van der Waals surface area contributed by atoms with Crippen molar-refractivity contribution in [3.8, 4) is 0 Å². The van der Waals surface area contributed by atoms with Gasteiger partial charge in [-0.25, -0.2) is 9.97 Å². The van der Waals surface area contributed by atoms with Gasteiger partial charge in [-0.2, -0.15) is 0 Å². The maximum atomic E-state index is 12.4. The lowest BCUT2D eigenvalue weighted by molar-refractivity contribution is 0.102. The number of aryl methyl sites for hydroxylation is 1. The molecule has 6 nitrogen and oxygen atoms in total. The van der Waals surface area contributed by atoms with Crippen molar-refractivity contribution in [2.75, 3.05) is 36.5 Å². The van der Waals surface area contributed by atoms with Crippen molar-refractivity contribution < 1.29 is 9.53 Å². The van der Waals surface area contributed by atoms with Crippen molar-refractivity contribution >= 4 is 33.5 Å². The van der Waals surface area contributed by atoms with E-state index in [1.165, 1.54) is 0 Å². The highest BCUT2D eigenvalue weighted by molar-refractivity contribution is 9.10. The number of ether oxygens (including phenoxy) is 1. The maximum absolute atomic E-state index is 12.4. The highest BCUT2D eigenvalue weighted by Crippen LogP contribution is 2.21. The van der Waals surface area contributed by atoms with Gasteiger partial charge in [-0.3, -0.25) is 4.79 Å². The number of anilines is 2. The van der Waals surface area contributed by atoms with Gasteiger partial charge in [0.05, 0.1) is 13.2 Å². The molecule has 3 rings (SSSR count). The SMILES string of the molecule is Cc1ccc(NC(=O)c2ccnc(N3CCOCC3)n2)cc1Br. The lowest BCUT2D eigenvalue weighted by atomic mass is 10.2. The Morgan fingerprint density at radius 1 is 1.30 bits per heavy atom. The van der Waals surface area contributed by atoms with Gasteiger partial charge in [-0.05, 0) is 30.7 Å². The Bertz CT molecular complexity index is 717. The highest BCUT2D eigenvalue weighted by atomic mass is 79.9. The number of nitrogens with zero attached hydrogens (tertiary/aromatic N) is 3. The molecule has 0 spiro atoms. The van der Waals surface area contributed by atoms with Crippen molar-refractivity contribution in [3.05, 3.63) is 46.2 Å². The molecule has 1 fully saturated rings. The lowest BCUT2D eigenvalue weighted by Crippen LogP contribution is -2.37. The monoisotopic (exact) mass is 376 g/mol. The molecule has 0 radical (unpaired) electrons. The number of morpholine rings is 1. The molecule has 23 heavy (non-hydrogen) atoms. The van der Waals surface area contributed by atoms with Crippen LogP contribution in [0.2, 0.25) is 0 Å². The van der Waals surface area contributed by atoms with E-state index in [9.17, 15) is 4.79 Å². The van der Waals surface area contributed by atoms with Gasteiger partial charge in [0.15, 0.2) is 0 Å². The first-order valence-corrected chi connectivity index (χ1v) is 8.16. The van der Waals surface area contributed by atoms with Crippen LogP contribution in [0, 0.1) is 6.92 Å². The van der Waals surface area contributed by atoms with Crippen LogP contribution >= 0.6 is 15.9 Å². The minimum Gasteiger partial charge on any atom is -0.378 e. The van der Waals surface area contributed by atoms with Gasteiger partial charge in [0, 0.05) is 29.4 Å². The van der Waals surface area contributed by atoms with Crippen molar-refractivity contribution in [2.24, 2.45) is 0 Å². The number of hydrogen-bond donors (Lipinski definition) is 1. The van der Waals surface area contributed by atoms with Crippen LogP contribution in [0.1, 0.15) is 16.1 Å². The molecular formula is C16H17BrN4O2. The molecule has 7 heteroatoms. The minimum atomic E-state index is -0.252. The summed E-state index contributed by atoms with van der Waals surface area (Å²) in [6.45, 7) is 4.76. The van der Waals surface area contributed by atoms with Crippen molar-refractivity contribution in [3.63, 3.8) is 0 Å². The van der Waals surface area contributed by atoms with Crippen LogP contribution in [-0.4, -0.2) is 42.2 Å². The first-order valence-electron chi connectivity index (χ1n) is 7.37. The number of benzene rings is 1. The fraction of sp³-hybridized carbons (Fsp3) is 0.312. The van der Waals surface area contributed by atoms with Gasteiger partial charge >= 0.3 is 0 Å². The molecule has 1 saturated heterocycles. The molecule has 0 saturated carbocycles. The number of amides is 1. The first kappa shape index (κ1) is 15.9. The standard InChI is InChI=1S/C16H17BrN4O2/c1-11-2-3-12(10-13(11)17)19-15(22)14-4-5-18-16(20-14)21-6-8-23-9-7-21/h2-5,10H,6-9H2,1H3,(H,19,22). The summed E-state index contributed by atoms with van der Waals surface area (Å²) in [6, 6.07) is 7.29. The Balaban J connectivity index is 1.75. The minimum absolute atomic E-state index is 0.252. The summed E-state index contributed by atoms with van der Waals surface area (Å²) < 4.78 is 6.27. The van der Waals surface area contributed by atoms with E-state index in [0.29, 0.717) is 24.9 Å². The summed E-state index contributed by atoms with van der Waals surface area (Å²) in [4.78, 5) is 23.0. The van der Waals surface area contributed by atoms with Gasteiger partial charge in [-0.15, -0.1) is 0 Å². The fourth-order valence-corrected chi connectivity index (χ4v) is 2.64. The summed E-state index contributed by atoms with van der Waals surface area (Å²) in [6.07, 6.45) is 1.61. The van der Waals surface area contributed by atoms with Gasteiger partial charge < -0.3 is 15.0 Å². The topological polar surface area (TPSA) is 67.4 Å². The molecule has 0 atom stereocenters. The van der Waals surface area contributed by atoms with Gasteiger partial charge in [0.2, 0.25) is 5.95 Å². The summed E-state index contributed by atoms with van der Waals surface area (Å²) in [5, 5.41) is 2.85. The second-order valence-electron chi connectivity index (χ2n) is 5.26. The zero-order valence-corrected chi connectivity index (χ0v) is 14.3. The smallest absolute Gasteiger partial charge is 0.274 e. The largest absolute Gasteiger partial charge is 0.378 e. The third-order valence-corrected chi connectivity index (χ3v) is 4.45. The third kappa shape index (κ3) is 3.86. The van der Waals surface area contributed by atoms with Crippen molar-refractivity contribution in [2.45, 2.75) is 6.92 Å². The van der Waals surface area contributed by atoms with Crippen LogP contribution in [0.15, 0.2) is 34.9 Å². The quantitative estimate of drug-likeness (QED) is 0.891. The predicted molar refractivity (Wildman–Crippen MR) is 91.9 cm³/mol. The van der Waals surface area contributed by atoms with E-state index in [1.54, 1.807) is 12.3 Å². The lowest BCUT2D eigenvalue weighted by Gasteiger charge is -2.26. The van der Waals surface area contributed by atoms with E-state index in [2.05, 4.69) is 31.2 Å². The van der Waals surface area contributed by atoms with Crippen molar-refractivity contribution in [1.29, 1.82) is 0 Å². The number of aromatic nitrogens is 2. The number of carbonyl (C=O) groups excluding carboxylic acids is 1. The highest BCUT2D eigenvalue weighted by Gasteiger charge is 2.16. The van der Waals surface area contributed by atoms with Crippen LogP contribution < -0.4 is 10.2 Å². The van der Waals surface area contributed by atoms with E-state index in [4.69, 9.17) is 4.74 Å². The molecule has 1 aromatic heterocycles. The van der Waals surface area contributed by atoms with E-state index in [1.807, 2.05) is 30.0 Å². The third-order valence-electron chi connectivity index (χ3n) is 3.60. The van der Waals surface area contributed by atoms with Crippen LogP contribution in [0.5, 0.6) is 0 Å². The van der Waals surface area contributed by atoms with Gasteiger partial charge in [0.1, 0.15) is 5.69 Å². The molecule has 1 amide bonds.